The van der Waals surface area contributed by atoms with Crippen LogP contribution in [0.5, 0.6) is 0 Å². The van der Waals surface area contributed by atoms with Crippen LogP contribution < -0.4 is 5.32 Å². The van der Waals surface area contributed by atoms with Crippen LogP contribution in [0.4, 0.5) is 5.69 Å². The molecule has 0 fully saturated rings. The molecule has 100 valence electrons. The number of carbonyl (C=O) groups excluding carboxylic acids is 1. The number of methoxy groups -OCH3 is 1. The highest BCUT2D eigenvalue weighted by Gasteiger charge is 2.16. The molecule has 0 aliphatic heterocycles. The first-order valence-electron chi connectivity index (χ1n) is 6.07. The van der Waals surface area contributed by atoms with Crippen molar-refractivity contribution in [2.45, 2.75) is 26.0 Å². The lowest BCUT2D eigenvalue weighted by atomic mass is 10.1. The van der Waals surface area contributed by atoms with Gasteiger partial charge < -0.3 is 15.0 Å². The summed E-state index contributed by atoms with van der Waals surface area (Å²) in [7, 11) is 5.18. The molecule has 0 saturated carbocycles. The summed E-state index contributed by atoms with van der Waals surface area (Å²) in [4.78, 5) is 13.6. The minimum atomic E-state index is -0.00429. The van der Waals surface area contributed by atoms with E-state index in [1.807, 2.05) is 38.1 Å². The summed E-state index contributed by atoms with van der Waals surface area (Å²) < 4.78 is 5.27. The van der Waals surface area contributed by atoms with Crippen molar-refractivity contribution in [1.82, 2.24) is 4.90 Å². The molecule has 1 N–H and O–H groups in total. The van der Waals surface area contributed by atoms with Crippen molar-refractivity contribution in [1.29, 1.82) is 0 Å². The third-order valence-corrected chi connectivity index (χ3v) is 3.02. The molecular formula is C14H22N2O2. The lowest BCUT2D eigenvalue weighted by Gasteiger charge is -2.23. The van der Waals surface area contributed by atoms with Crippen molar-refractivity contribution in [3.05, 3.63) is 29.8 Å². The van der Waals surface area contributed by atoms with Gasteiger partial charge in [-0.2, -0.15) is 0 Å². The van der Waals surface area contributed by atoms with Crippen LogP contribution in [0.25, 0.3) is 0 Å². The van der Waals surface area contributed by atoms with Gasteiger partial charge in [0.05, 0.1) is 11.7 Å². The Morgan fingerprint density at radius 2 is 1.89 bits per heavy atom. The van der Waals surface area contributed by atoms with Crippen LogP contribution >= 0.6 is 0 Å². The molecule has 1 rings (SSSR count). The zero-order valence-corrected chi connectivity index (χ0v) is 11.7. The first-order chi connectivity index (χ1) is 8.47. The van der Waals surface area contributed by atoms with Crippen molar-refractivity contribution in [3.8, 4) is 0 Å². The standard InChI is InChI=1S/C14H22N2O2/c1-10(11(2)18-5)15-13-9-7-6-8-12(13)14(17)16(3)4/h6-11,15H,1-5H3. The quantitative estimate of drug-likeness (QED) is 0.871. The van der Waals surface area contributed by atoms with Gasteiger partial charge in [0.2, 0.25) is 0 Å². The molecule has 0 aliphatic carbocycles. The third-order valence-electron chi connectivity index (χ3n) is 3.02. The Kier molecular flexibility index (Phi) is 5.16. The first kappa shape index (κ1) is 14.5. The Morgan fingerprint density at radius 1 is 1.28 bits per heavy atom. The number of ether oxygens (including phenoxy) is 1. The Labute approximate surface area is 109 Å². The van der Waals surface area contributed by atoms with Gasteiger partial charge >= 0.3 is 0 Å². The van der Waals surface area contributed by atoms with Gasteiger partial charge in [-0.1, -0.05) is 12.1 Å². The smallest absolute Gasteiger partial charge is 0.255 e. The van der Waals surface area contributed by atoms with Crippen LogP contribution in [-0.4, -0.2) is 44.2 Å². The fraction of sp³-hybridized carbons (Fsp3) is 0.500. The average Bonchev–Trinajstić information content (AvgIpc) is 2.37. The summed E-state index contributed by atoms with van der Waals surface area (Å²) in [6, 6.07) is 7.65. The maximum atomic E-state index is 12.0. The Bertz CT molecular complexity index is 405. The fourth-order valence-electron chi connectivity index (χ4n) is 1.60. The minimum absolute atomic E-state index is 0.00429. The minimum Gasteiger partial charge on any atom is -0.380 e. The second kappa shape index (κ2) is 6.40. The van der Waals surface area contributed by atoms with E-state index in [-0.39, 0.29) is 18.1 Å². The van der Waals surface area contributed by atoms with Crippen molar-refractivity contribution in [2.24, 2.45) is 0 Å². The zero-order valence-electron chi connectivity index (χ0n) is 11.7. The van der Waals surface area contributed by atoms with Gasteiger partial charge in [0.1, 0.15) is 0 Å². The molecule has 0 bridgehead atoms. The van der Waals surface area contributed by atoms with Gasteiger partial charge in [-0.25, -0.2) is 0 Å². The van der Waals surface area contributed by atoms with Gasteiger partial charge in [-0.15, -0.1) is 0 Å². The lowest BCUT2D eigenvalue weighted by Crippen LogP contribution is -2.31. The van der Waals surface area contributed by atoms with Crippen molar-refractivity contribution < 1.29 is 9.53 Å². The van der Waals surface area contributed by atoms with Crippen molar-refractivity contribution in [3.63, 3.8) is 0 Å². The van der Waals surface area contributed by atoms with E-state index < -0.39 is 0 Å². The number of nitrogens with zero attached hydrogens (tertiary/aromatic N) is 1. The first-order valence-corrected chi connectivity index (χ1v) is 6.07. The number of amides is 1. The second-order valence-electron chi connectivity index (χ2n) is 4.62. The van der Waals surface area contributed by atoms with Gasteiger partial charge in [0, 0.05) is 32.9 Å². The highest BCUT2D eigenvalue weighted by atomic mass is 16.5. The molecule has 4 nitrogen and oxygen atoms in total. The summed E-state index contributed by atoms with van der Waals surface area (Å²) in [5.41, 5.74) is 1.52. The van der Waals surface area contributed by atoms with E-state index >= 15 is 0 Å². The van der Waals surface area contributed by atoms with Crippen LogP contribution in [-0.2, 0) is 4.74 Å². The molecule has 2 atom stereocenters. The van der Waals surface area contributed by atoms with Crippen LogP contribution in [0.2, 0.25) is 0 Å². The molecule has 4 heteroatoms. The Hall–Kier alpha value is -1.55. The molecule has 2 unspecified atom stereocenters. The van der Waals surface area contributed by atoms with Crippen molar-refractivity contribution in [2.75, 3.05) is 26.5 Å². The molecule has 0 radical (unpaired) electrons. The number of hydrogen-bond donors (Lipinski definition) is 1. The van der Waals surface area contributed by atoms with E-state index in [1.165, 1.54) is 0 Å². The molecule has 0 spiro atoms. The highest BCUT2D eigenvalue weighted by Crippen LogP contribution is 2.18. The summed E-state index contributed by atoms with van der Waals surface area (Å²) in [6.45, 7) is 4.03. The number of carbonyl (C=O) groups is 1. The Balaban J connectivity index is 2.92. The number of anilines is 1. The molecule has 0 aliphatic rings. The largest absolute Gasteiger partial charge is 0.380 e. The van der Waals surface area contributed by atoms with Gasteiger partial charge in [0.15, 0.2) is 0 Å². The Morgan fingerprint density at radius 3 is 2.44 bits per heavy atom. The van der Waals surface area contributed by atoms with Gasteiger partial charge in [0.25, 0.3) is 5.91 Å². The summed E-state index contributed by atoms with van der Waals surface area (Å²) >= 11 is 0. The lowest BCUT2D eigenvalue weighted by molar-refractivity contribution is 0.0827. The summed E-state index contributed by atoms with van der Waals surface area (Å²) in [6.07, 6.45) is 0.0764. The van der Waals surface area contributed by atoms with E-state index in [4.69, 9.17) is 4.74 Å². The maximum absolute atomic E-state index is 12.0. The molecule has 18 heavy (non-hydrogen) atoms. The van der Waals surface area contributed by atoms with E-state index in [0.717, 1.165) is 5.69 Å². The molecule has 1 aromatic carbocycles. The van der Waals surface area contributed by atoms with Crippen LogP contribution in [0.1, 0.15) is 24.2 Å². The number of benzene rings is 1. The van der Waals surface area contributed by atoms with Crippen LogP contribution in [0.15, 0.2) is 24.3 Å². The SMILES string of the molecule is COC(C)C(C)Nc1ccccc1C(=O)N(C)C. The van der Waals surface area contributed by atoms with Crippen molar-refractivity contribution >= 4 is 11.6 Å². The fourth-order valence-corrected chi connectivity index (χ4v) is 1.60. The van der Waals surface area contributed by atoms with E-state index in [2.05, 4.69) is 5.32 Å². The topological polar surface area (TPSA) is 41.6 Å². The molecule has 1 amide bonds. The molecule has 1 aromatic rings. The molecular weight excluding hydrogens is 228 g/mol. The number of rotatable bonds is 5. The summed E-state index contributed by atoms with van der Waals surface area (Å²) in [5, 5.41) is 3.32. The van der Waals surface area contributed by atoms with E-state index in [0.29, 0.717) is 5.56 Å². The van der Waals surface area contributed by atoms with Crippen LogP contribution in [0, 0.1) is 0 Å². The predicted molar refractivity (Wildman–Crippen MR) is 74.0 cm³/mol. The predicted octanol–water partition coefficient (Wildman–Crippen LogP) is 2.22. The van der Waals surface area contributed by atoms with Gasteiger partial charge in [-0.05, 0) is 26.0 Å². The molecule has 0 heterocycles. The van der Waals surface area contributed by atoms with E-state index in [9.17, 15) is 4.79 Å². The monoisotopic (exact) mass is 250 g/mol. The number of nitrogens with one attached hydrogen (secondary N) is 1. The zero-order chi connectivity index (χ0) is 13.7. The maximum Gasteiger partial charge on any atom is 0.255 e. The highest BCUT2D eigenvalue weighted by molar-refractivity contribution is 5.99. The normalized spacial score (nSPS) is 13.8. The molecule has 0 saturated heterocycles. The summed E-state index contributed by atoms with van der Waals surface area (Å²) in [5.74, 6) is -0.00429. The third kappa shape index (κ3) is 3.47. The number of hydrogen-bond acceptors (Lipinski definition) is 3. The molecule has 0 aromatic heterocycles. The van der Waals surface area contributed by atoms with E-state index in [1.54, 1.807) is 26.1 Å². The van der Waals surface area contributed by atoms with Crippen LogP contribution in [0.3, 0.4) is 0 Å². The average molecular weight is 250 g/mol. The second-order valence-corrected chi connectivity index (χ2v) is 4.62. The number of para-hydroxylation sites is 1. The van der Waals surface area contributed by atoms with Gasteiger partial charge in [-0.3, -0.25) is 4.79 Å².